The summed E-state index contributed by atoms with van der Waals surface area (Å²) >= 11 is 0. The fourth-order valence-electron chi connectivity index (χ4n) is 3.53. The average Bonchev–Trinajstić information content (AvgIpc) is 3.11. The number of carbonyl (C=O) groups is 1. The van der Waals surface area contributed by atoms with Gasteiger partial charge in [0.15, 0.2) is 0 Å². The van der Waals surface area contributed by atoms with Gasteiger partial charge in [0, 0.05) is 23.2 Å². The van der Waals surface area contributed by atoms with E-state index in [0.717, 1.165) is 29.0 Å². The lowest BCUT2D eigenvalue weighted by molar-refractivity contribution is 0.0701. The summed E-state index contributed by atoms with van der Waals surface area (Å²) in [5.41, 5.74) is 4.87. The zero-order chi connectivity index (χ0) is 21.1. The fourth-order valence-corrected chi connectivity index (χ4v) is 3.53. The zero-order valence-corrected chi connectivity index (χ0v) is 16.0. The molecule has 2 aromatic heterocycles. The minimum absolute atomic E-state index is 0.0803. The van der Waals surface area contributed by atoms with Crippen LogP contribution in [0.1, 0.15) is 27.2 Å². The van der Waals surface area contributed by atoms with Crippen molar-refractivity contribution in [3.05, 3.63) is 101 Å². The summed E-state index contributed by atoms with van der Waals surface area (Å²) in [6.07, 6.45) is 4.91. The second-order valence-corrected chi connectivity index (χ2v) is 7.03. The molecule has 5 nitrogen and oxygen atoms in total. The molecule has 0 saturated carbocycles. The lowest BCUT2D eigenvalue weighted by atomic mass is 10.0. The Morgan fingerprint density at radius 2 is 1.83 bits per heavy atom. The van der Waals surface area contributed by atoms with E-state index >= 15 is 0 Å². The average molecular weight is 407 g/mol. The summed E-state index contributed by atoms with van der Waals surface area (Å²) in [6.45, 7) is 0.196. The summed E-state index contributed by atoms with van der Waals surface area (Å²) < 4.78 is 29.3. The first kappa shape index (κ1) is 19.7. The molecule has 30 heavy (non-hydrogen) atoms. The van der Waals surface area contributed by atoms with Crippen LogP contribution in [0.5, 0.6) is 0 Å². The van der Waals surface area contributed by atoms with Gasteiger partial charge in [-0.3, -0.25) is 10.0 Å². The summed E-state index contributed by atoms with van der Waals surface area (Å²) in [5.74, 6) is -1.95. The first-order valence-corrected chi connectivity index (χ1v) is 9.45. The van der Waals surface area contributed by atoms with Gasteiger partial charge in [-0.25, -0.2) is 19.2 Å². The Hall–Kier alpha value is -3.58. The van der Waals surface area contributed by atoms with Gasteiger partial charge < -0.3 is 4.57 Å². The third-order valence-corrected chi connectivity index (χ3v) is 5.07. The third-order valence-electron chi connectivity index (χ3n) is 5.07. The molecule has 152 valence electrons. The number of pyridine rings is 1. The number of halogens is 2. The van der Waals surface area contributed by atoms with Crippen LogP contribution in [0.25, 0.3) is 10.9 Å². The Kier molecular flexibility index (Phi) is 5.54. The van der Waals surface area contributed by atoms with Crippen molar-refractivity contribution in [1.29, 1.82) is 0 Å². The smallest absolute Gasteiger partial charge is 0.293 e. The molecule has 1 amide bonds. The largest absolute Gasteiger partial charge is 0.341 e. The van der Waals surface area contributed by atoms with Gasteiger partial charge in [0.05, 0.1) is 18.3 Å². The van der Waals surface area contributed by atoms with Crippen molar-refractivity contribution in [1.82, 2.24) is 15.0 Å². The number of fused-ring (bicyclic) bond motifs is 1. The highest BCUT2D eigenvalue weighted by molar-refractivity contribution is 5.96. The molecule has 0 atom stereocenters. The van der Waals surface area contributed by atoms with E-state index in [1.165, 1.54) is 23.9 Å². The van der Waals surface area contributed by atoms with Crippen molar-refractivity contribution >= 4 is 16.8 Å². The van der Waals surface area contributed by atoms with Crippen LogP contribution >= 0.6 is 0 Å². The lowest BCUT2D eigenvalue weighted by Crippen LogP contribution is -2.19. The van der Waals surface area contributed by atoms with Gasteiger partial charge in [-0.2, -0.15) is 0 Å². The van der Waals surface area contributed by atoms with Crippen molar-refractivity contribution in [2.45, 2.75) is 19.4 Å². The van der Waals surface area contributed by atoms with Crippen molar-refractivity contribution in [3.63, 3.8) is 0 Å². The van der Waals surface area contributed by atoms with Gasteiger partial charge in [-0.05, 0) is 36.1 Å². The molecule has 4 rings (SSSR count). The molecule has 2 N–H and O–H groups in total. The highest BCUT2D eigenvalue weighted by Gasteiger charge is 2.15. The van der Waals surface area contributed by atoms with Crippen molar-refractivity contribution in [3.8, 4) is 0 Å². The van der Waals surface area contributed by atoms with Gasteiger partial charge in [-0.1, -0.05) is 36.4 Å². The molecule has 4 aromatic rings. The number of aromatic nitrogens is 2. The Labute approximate surface area is 171 Å². The molecule has 0 radical (unpaired) electrons. The van der Waals surface area contributed by atoms with Gasteiger partial charge in [0.2, 0.25) is 0 Å². The zero-order valence-electron chi connectivity index (χ0n) is 16.0. The Morgan fingerprint density at radius 3 is 2.57 bits per heavy atom. The number of nitrogens with one attached hydrogen (secondary N) is 1. The molecule has 0 spiro atoms. The first-order chi connectivity index (χ1) is 14.5. The third kappa shape index (κ3) is 4.06. The highest BCUT2D eigenvalue weighted by Crippen LogP contribution is 2.25. The maximum atomic E-state index is 14.2. The standard InChI is InChI=1S/C23H19F2N3O2/c24-18-9-8-17(20(25)10-18)14-28-13-16(7-6-15-4-2-1-3-5-15)19-11-21(23(29)27-30)26-12-22(19)28/h1-5,8-13,30H,6-7,14H2,(H,27,29). The van der Waals surface area contributed by atoms with Crippen molar-refractivity contribution < 1.29 is 18.8 Å². The fraction of sp³-hybridized carbons (Fsp3) is 0.130. The Balaban J connectivity index is 1.73. The van der Waals surface area contributed by atoms with Crippen LogP contribution in [0.15, 0.2) is 67.0 Å². The van der Waals surface area contributed by atoms with E-state index in [9.17, 15) is 13.6 Å². The number of carbonyl (C=O) groups excluding carboxylic acids is 1. The summed E-state index contributed by atoms with van der Waals surface area (Å²) in [7, 11) is 0. The second kappa shape index (κ2) is 8.42. The van der Waals surface area contributed by atoms with Crippen LogP contribution in [0.3, 0.4) is 0 Å². The van der Waals surface area contributed by atoms with Gasteiger partial charge >= 0.3 is 0 Å². The quantitative estimate of drug-likeness (QED) is 0.371. The molecule has 0 saturated heterocycles. The maximum absolute atomic E-state index is 14.2. The Bertz CT molecular complexity index is 1210. The molecule has 0 bridgehead atoms. The number of hydroxylamine groups is 1. The SMILES string of the molecule is O=C(NO)c1cc2c(CCc3ccccc3)cn(Cc3ccc(F)cc3F)c2cn1. The number of hydrogen-bond donors (Lipinski definition) is 2. The predicted molar refractivity (Wildman–Crippen MR) is 108 cm³/mol. The molecule has 7 heteroatoms. The van der Waals surface area contributed by atoms with Gasteiger partial charge in [0.1, 0.15) is 17.3 Å². The van der Waals surface area contributed by atoms with Crippen LogP contribution < -0.4 is 5.48 Å². The summed E-state index contributed by atoms with van der Waals surface area (Å²) in [4.78, 5) is 15.9. The van der Waals surface area contributed by atoms with E-state index in [1.807, 2.05) is 41.1 Å². The van der Waals surface area contributed by atoms with E-state index in [0.29, 0.717) is 12.0 Å². The van der Waals surface area contributed by atoms with E-state index in [-0.39, 0.29) is 12.2 Å². The topological polar surface area (TPSA) is 67.2 Å². The molecule has 0 aliphatic heterocycles. The van der Waals surface area contributed by atoms with Crippen LogP contribution in [0.4, 0.5) is 8.78 Å². The molecule has 0 aliphatic carbocycles. The molecule has 2 heterocycles. The van der Waals surface area contributed by atoms with Crippen molar-refractivity contribution in [2.24, 2.45) is 0 Å². The van der Waals surface area contributed by atoms with Crippen LogP contribution in [0, 0.1) is 11.6 Å². The molecular weight excluding hydrogens is 388 g/mol. The molecule has 0 fully saturated rings. The second-order valence-electron chi connectivity index (χ2n) is 7.03. The van der Waals surface area contributed by atoms with E-state index < -0.39 is 17.5 Å². The Morgan fingerprint density at radius 1 is 1.03 bits per heavy atom. The number of amides is 1. The number of hydrogen-bond acceptors (Lipinski definition) is 3. The van der Waals surface area contributed by atoms with Crippen molar-refractivity contribution in [2.75, 3.05) is 0 Å². The van der Waals surface area contributed by atoms with E-state index in [2.05, 4.69) is 4.98 Å². The number of rotatable bonds is 6. The van der Waals surface area contributed by atoms with Gasteiger partial charge in [0.25, 0.3) is 5.91 Å². The monoisotopic (exact) mass is 407 g/mol. The lowest BCUT2D eigenvalue weighted by Gasteiger charge is -2.07. The molecule has 2 aromatic carbocycles. The highest BCUT2D eigenvalue weighted by atomic mass is 19.1. The normalized spacial score (nSPS) is 11.0. The summed E-state index contributed by atoms with van der Waals surface area (Å²) in [6, 6.07) is 15.1. The van der Waals surface area contributed by atoms with Gasteiger partial charge in [-0.15, -0.1) is 0 Å². The minimum atomic E-state index is -0.705. The van der Waals surface area contributed by atoms with Crippen LogP contribution in [0.2, 0.25) is 0 Å². The first-order valence-electron chi connectivity index (χ1n) is 9.45. The van der Waals surface area contributed by atoms with E-state index in [1.54, 1.807) is 11.5 Å². The molecule has 0 aliphatic rings. The summed E-state index contributed by atoms with van der Waals surface area (Å²) in [5, 5.41) is 9.71. The number of benzene rings is 2. The van der Waals surface area contributed by atoms with Crippen LogP contribution in [-0.2, 0) is 19.4 Å². The minimum Gasteiger partial charge on any atom is -0.341 e. The van der Waals surface area contributed by atoms with E-state index in [4.69, 9.17) is 5.21 Å². The molecular formula is C23H19F2N3O2. The predicted octanol–water partition coefficient (Wildman–Crippen LogP) is 4.27. The van der Waals surface area contributed by atoms with Crippen LogP contribution in [-0.4, -0.2) is 20.7 Å². The molecule has 0 unspecified atom stereocenters. The number of nitrogens with zero attached hydrogens (tertiary/aromatic N) is 2. The maximum Gasteiger partial charge on any atom is 0.293 e. The number of aryl methyl sites for hydroxylation is 2.